The van der Waals surface area contributed by atoms with E-state index in [9.17, 15) is 0 Å². The summed E-state index contributed by atoms with van der Waals surface area (Å²) in [5.74, 6) is 0.911. The van der Waals surface area contributed by atoms with Gasteiger partial charge in [0.15, 0.2) is 0 Å². The van der Waals surface area contributed by atoms with E-state index in [1.54, 1.807) is 0 Å². The number of nitrogens with two attached hydrogens (primary N) is 1. The van der Waals surface area contributed by atoms with Gasteiger partial charge in [-0.25, -0.2) is 0 Å². The van der Waals surface area contributed by atoms with Gasteiger partial charge in [-0.15, -0.1) is 0 Å². The Kier molecular flexibility index (Phi) is 5.73. The lowest BCUT2D eigenvalue weighted by Crippen LogP contribution is -2.37. The zero-order valence-corrected chi connectivity index (χ0v) is 14.5. The van der Waals surface area contributed by atoms with E-state index in [1.165, 1.54) is 44.9 Å². The fraction of sp³-hybridized carbons (Fsp3) is 0.824. The second-order valence-electron chi connectivity index (χ2n) is 6.94. The van der Waals surface area contributed by atoms with E-state index in [4.69, 9.17) is 17.3 Å². The molecule has 1 heterocycles. The molecule has 4 heteroatoms. The van der Waals surface area contributed by atoms with Crippen LogP contribution in [0.15, 0.2) is 0 Å². The molecule has 0 aromatic carbocycles. The molecule has 0 atom stereocenters. The summed E-state index contributed by atoms with van der Waals surface area (Å²) in [4.78, 5) is 0. The lowest BCUT2D eigenvalue weighted by atomic mass is 9.67. The van der Waals surface area contributed by atoms with Crippen LogP contribution in [0.1, 0.15) is 63.3 Å². The van der Waals surface area contributed by atoms with E-state index in [2.05, 4.69) is 12.0 Å². The fourth-order valence-corrected chi connectivity index (χ4v) is 3.98. The molecule has 1 saturated carbocycles. The molecule has 21 heavy (non-hydrogen) atoms. The van der Waals surface area contributed by atoms with E-state index in [1.807, 2.05) is 18.7 Å². The predicted molar refractivity (Wildman–Crippen MR) is 89.6 cm³/mol. The molecule has 0 aliphatic heterocycles. The molecule has 0 amide bonds. The van der Waals surface area contributed by atoms with Gasteiger partial charge in [-0.05, 0) is 56.9 Å². The van der Waals surface area contributed by atoms with Gasteiger partial charge < -0.3 is 5.73 Å². The van der Waals surface area contributed by atoms with Crippen molar-refractivity contribution in [3.05, 3.63) is 16.4 Å². The van der Waals surface area contributed by atoms with Crippen LogP contribution >= 0.6 is 11.6 Å². The van der Waals surface area contributed by atoms with Gasteiger partial charge in [0, 0.05) is 7.05 Å². The van der Waals surface area contributed by atoms with Crippen molar-refractivity contribution in [2.45, 2.75) is 65.2 Å². The van der Waals surface area contributed by atoms with Crippen LogP contribution in [-0.4, -0.2) is 16.3 Å². The maximum Gasteiger partial charge on any atom is 0.0847 e. The molecule has 120 valence electrons. The van der Waals surface area contributed by atoms with Crippen molar-refractivity contribution in [2.75, 3.05) is 6.54 Å². The van der Waals surface area contributed by atoms with Gasteiger partial charge in [0.05, 0.1) is 16.4 Å². The Balaban J connectivity index is 2.03. The highest BCUT2D eigenvalue weighted by atomic mass is 35.5. The average Bonchev–Trinajstić information content (AvgIpc) is 2.73. The third-order valence-corrected chi connectivity index (χ3v) is 5.86. The molecule has 0 saturated heterocycles. The van der Waals surface area contributed by atoms with Crippen LogP contribution in [0.25, 0.3) is 0 Å². The molecule has 0 radical (unpaired) electrons. The third kappa shape index (κ3) is 3.81. The Morgan fingerprint density at radius 3 is 2.52 bits per heavy atom. The molecular formula is C17H30ClN3. The van der Waals surface area contributed by atoms with Crippen LogP contribution in [-0.2, 0) is 13.5 Å². The third-order valence-electron chi connectivity index (χ3n) is 5.37. The number of rotatable bonds is 6. The summed E-state index contributed by atoms with van der Waals surface area (Å²) in [6, 6.07) is 0. The fourth-order valence-electron chi connectivity index (χ4n) is 3.75. The summed E-state index contributed by atoms with van der Waals surface area (Å²) < 4.78 is 1.94. The van der Waals surface area contributed by atoms with Crippen LogP contribution in [0.3, 0.4) is 0 Å². The minimum atomic E-state index is 0.229. The van der Waals surface area contributed by atoms with Crippen LogP contribution in [0.2, 0.25) is 5.02 Å². The lowest BCUT2D eigenvalue weighted by Gasteiger charge is -2.39. The Morgan fingerprint density at radius 1 is 1.38 bits per heavy atom. The van der Waals surface area contributed by atoms with E-state index < -0.39 is 0 Å². The molecule has 1 fully saturated rings. The molecule has 2 N–H and O–H groups in total. The molecule has 1 aliphatic rings. The number of nitrogens with zero attached hydrogens (tertiary/aromatic N) is 2. The summed E-state index contributed by atoms with van der Waals surface area (Å²) in [5, 5.41) is 5.27. The molecule has 0 unspecified atom stereocenters. The quantitative estimate of drug-likeness (QED) is 0.853. The van der Waals surface area contributed by atoms with Crippen LogP contribution < -0.4 is 5.73 Å². The smallest absolute Gasteiger partial charge is 0.0847 e. The Bertz CT molecular complexity index is 459. The molecular weight excluding hydrogens is 282 g/mol. The van der Waals surface area contributed by atoms with Gasteiger partial charge in [0.1, 0.15) is 0 Å². The zero-order valence-electron chi connectivity index (χ0n) is 13.8. The van der Waals surface area contributed by atoms with Gasteiger partial charge in [-0.2, -0.15) is 5.10 Å². The van der Waals surface area contributed by atoms with Crippen molar-refractivity contribution >= 4 is 11.6 Å². The van der Waals surface area contributed by atoms with Gasteiger partial charge in [0.25, 0.3) is 0 Å². The van der Waals surface area contributed by atoms with Crippen LogP contribution in [0.4, 0.5) is 0 Å². The van der Waals surface area contributed by atoms with Crippen LogP contribution in [0.5, 0.6) is 0 Å². The first-order valence-corrected chi connectivity index (χ1v) is 8.77. The lowest BCUT2D eigenvalue weighted by molar-refractivity contribution is 0.147. The number of hydrogen-bond donors (Lipinski definition) is 1. The van der Waals surface area contributed by atoms with Gasteiger partial charge >= 0.3 is 0 Å². The second-order valence-corrected chi connectivity index (χ2v) is 7.31. The Hall–Kier alpha value is -0.540. The summed E-state index contributed by atoms with van der Waals surface area (Å²) in [6.45, 7) is 5.01. The maximum absolute atomic E-state index is 6.43. The molecule has 0 bridgehead atoms. The minimum Gasteiger partial charge on any atom is -0.330 e. The Morgan fingerprint density at radius 2 is 2.05 bits per heavy atom. The van der Waals surface area contributed by atoms with Crippen molar-refractivity contribution in [3.8, 4) is 0 Å². The average molecular weight is 312 g/mol. The van der Waals surface area contributed by atoms with Gasteiger partial charge in [-0.1, -0.05) is 37.8 Å². The number of halogens is 1. The first kappa shape index (κ1) is 16.8. The van der Waals surface area contributed by atoms with Crippen molar-refractivity contribution in [2.24, 2.45) is 24.1 Å². The first-order valence-electron chi connectivity index (χ1n) is 8.39. The molecule has 0 spiro atoms. The zero-order chi connectivity index (χ0) is 15.5. The number of aromatic nitrogens is 2. The topological polar surface area (TPSA) is 43.8 Å². The monoisotopic (exact) mass is 311 g/mol. The molecule has 2 rings (SSSR count). The van der Waals surface area contributed by atoms with Crippen molar-refractivity contribution in [3.63, 3.8) is 0 Å². The van der Waals surface area contributed by atoms with E-state index >= 15 is 0 Å². The van der Waals surface area contributed by atoms with Crippen molar-refractivity contribution in [1.82, 2.24) is 9.78 Å². The predicted octanol–water partition coefficient (Wildman–Crippen LogP) is 4.25. The van der Waals surface area contributed by atoms with E-state index in [0.29, 0.717) is 0 Å². The number of hydrogen-bond acceptors (Lipinski definition) is 2. The van der Waals surface area contributed by atoms with E-state index in [-0.39, 0.29) is 5.41 Å². The summed E-state index contributed by atoms with van der Waals surface area (Å²) in [7, 11) is 1.99. The standard InChI is InChI=1S/C17H30ClN3/c1-4-5-6-14-7-9-17(12-19,10-8-14)11-15-16(18)13(2)20-21(15)3/h14H,4-12,19H2,1-3H3. The molecule has 3 nitrogen and oxygen atoms in total. The SMILES string of the molecule is CCCCC1CCC(CN)(Cc2c(Cl)c(C)nn2C)CC1. The highest BCUT2D eigenvalue weighted by Crippen LogP contribution is 2.43. The van der Waals surface area contributed by atoms with Crippen molar-refractivity contribution in [1.29, 1.82) is 0 Å². The molecule has 1 aromatic rings. The normalized spacial score (nSPS) is 26.2. The van der Waals surface area contributed by atoms with E-state index in [0.717, 1.165) is 35.3 Å². The highest BCUT2D eigenvalue weighted by Gasteiger charge is 2.35. The summed E-state index contributed by atoms with van der Waals surface area (Å²) in [5.41, 5.74) is 8.48. The van der Waals surface area contributed by atoms with Crippen molar-refractivity contribution < 1.29 is 0 Å². The second kappa shape index (κ2) is 7.15. The minimum absolute atomic E-state index is 0.229. The van der Waals surface area contributed by atoms with Gasteiger partial charge in [-0.3, -0.25) is 4.68 Å². The Labute approximate surface area is 134 Å². The largest absolute Gasteiger partial charge is 0.330 e. The molecule has 1 aromatic heterocycles. The highest BCUT2D eigenvalue weighted by molar-refractivity contribution is 6.31. The number of aryl methyl sites for hydroxylation is 2. The van der Waals surface area contributed by atoms with Crippen LogP contribution in [0, 0.1) is 18.3 Å². The summed E-state index contributed by atoms with van der Waals surface area (Å²) in [6.07, 6.45) is 10.2. The summed E-state index contributed by atoms with van der Waals surface area (Å²) >= 11 is 6.43. The number of unbranched alkanes of at least 4 members (excludes halogenated alkanes) is 1. The molecule has 1 aliphatic carbocycles. The maximum atomic E-state index is 6.43. The first-order chi connectivity index (χ1) is 10.0. The van der Waals surface area contributed by atoms with Gasteiger partial charge in [0.2, 0.25) is 0 Å².